The van der Waals surface area contributed by atoms with Crippen molar-refractivity contribution in [2.75, 3.05) is 52.5 Å². The van der Waals surface area contributed by atoms with E-state index in [1.807, 2.05) is 49.1 Å². The second-order valence-corrected chi connectivity index (χ2v) is 8.07. The van der Waals surface area contributed by atoms with Gasteiger partial charge in [0.25, 0.3) is 0 Å². The quantitative estimate of drug-likeness (QED) is 0.415. The van der Waals surface area contributed by atoms with Crippen molar-refractivity contribution < 1.29 is 14.3 Å². The lowest BCUT2D eigenvalue weighted by Crippen LogP contribution is -2.44. The Morgan fingerprint density at radius 1 is 1.16 bits per heavy atom. The van der Waals surface area contributed by atoms with Gasteiger partial charge in [-0.05, 0) is 31.7 Å². The van der Waals surface area contributed by atoms with Crippen LogP contribution in [0.2, 0.25) is 0 Å². The van der Waals surface area contributed by atoms with Crippen LogP contribution in [-0.4, -0.2) is 75.4 Å². The molecule has 1 amide bonds. The average molecular weight is 433 g/mol. The van der Waals surface area contributed by atoms with Gasteiger partial charge in [0.2, 0.25) is 5.91 Å². The number of ether oxygens (including phenoxy) is 2. The second kappa shape index (κ2) is 14.0. The van der Waals surface area contributed by atoms with Crippen molar-refractivity contribution in [3.63, 3.8) is 0 Å². The Bertz CT molecular complexity index is 660. The van der Waals surface area contributed by atoms with E-state index in [0.717, 1.165) is 37.6 Å². The molecule has 1 aromatic carbocycles. The Hall–Kier alpha value is -2.12. The molecule has 2 rings (SSSR count). The summed E-state index contributed by atoms with van der Waals surface area (Å²) in [5, 5.41) is 6.70. The van der Waals surface area contributed by atoms with Crippen LogP contribution < -0.4 is 10.6 Å². The Morgan fingerprint density at radius 2 is 1.87 bits per heavy atom. The molecule has 7 heteroatoms. The Kier molecular flexibility index (Phi) is 11.4. The van der Waals surface area contributed by atoms with Gasteiger partial charge in [0, 0.05) is 32.8 Å². The van der Waals surface area contributed by atoms with E-state index in [-0.39, 0.29) is 17.9 Å². The van der Waals surface area contributed by atoms with Gasteiger partial charge >= 0.3 is 0 Å². The average Bonchev–Trinajstić information content (AvgIpc) is 2.79. The second-order valence-electron chi connectivity index (χ2n) is 8.07. The maximum absolute atomic E-state index is 13.3. The molecule has 0 aromatic heterocycles. The van der Waals surface area contributed by atoms with Gasteiger partial charge in [-0.2, -0.15) is 0 Å². The molecule has 2 N–H and O–H groups in total. The van der Waals surface area contributed by atoms with Gasteiger partial charge < -0.3 is 25.0 Å². The van der Waals surface area contributed by atoms with Crippen LogP contribution >= 0.6 is 0 Å². The fourth-order valence-electron chi connectivity index (χ4n) is 3.70. The summed E-state index contributed by atoms with van der Waals surface area (Å²) >= 11 is 0. The zero-order valence-electron chi connectivity index (χ0n) is 19.6. The number of nitrogens with zero attached hydrogens (tertiary/aromatic N) is 2. The van der Waals surface area contributed by atoms with Crippen molar-refractivity contribution in [1.82, 2.24) is 15.5 Å². The van der Waals surface area contributed by atoms with E-state index in [4.69, 9.17) is 14.5 Å². The molecule has 1 aromatic rings. The molecule has 31 heavy (non-hydrogen) atoms. The van der Waals surface area contributed by atoms with Gasteiger partial charge in [0.1, 0.15) is 0 Å². The van der Waals surface area contributed by atoms with Crippen molar-refractivity contribution in [2.24, 2.45) is 10.9 Å². The summed E-state index contributed by atoms with van der Waals surface area (Å²) in [6.45, 7) is 13.5. The zero-order chi connectivity index (χ0) is 22.5. The SMILES string of the molecule is CCNC(=NCC(C(=O)N1CCOCC1)c1ccccc1)NCCC(OCC)C(C)C. The van der Waals surface area contributed by atoms with Crippen molar-refractivity contribution in [3.05, 3.63) is 35.9 Å². The molecule has 2 atom stereocenters. The Balaban J connectivity index is 2.06. The molecule has 7 nitrogen and oxygen atoms in total. The van der Waals surface area contributed by atoms with Crippen LogP contribution in [0.25, 0.3) is 0 Å². The number of amides is 1. The monoisotopic (exact) mass is 432 g/mol. The summed E-state index contributed by atoms with van der Waals surface area (Å²) in [6, 6.07) is 9.93. The summed E-state index contributed by atoms with van der Waals surface area (Å²) in [7, 11) is 0. The van der Waals surface area contributed by atoms with Crippen LogP contribution in [0.5, 0.6) is 0 Å². The van der Waals surface area contributed by atoms with E-state index < -0.39 is 0 Å². The number of carbonyl (C=O) groups is 1. The smallest absolute Gasteiger partial charge is 0.232 e. The van der Waals surface area contributed by atoms with Crippen molar-refractivity contribution in [2.45, 2.75) is 46.1 Å². The molecule has 174 valence electrons. The molecule has 0 saturated carbocycles. The molecule has 1 fully saturated rings. The highest BCUT2D eigenvalue weighted by molar-refractivity contribution is 5.85. The first-order valence-electron chi connectivity index (χ1n) is 11.6. The maximum Gasteiger partial charge on any atom is 0.232 e. The first-order valence-corrected chi connectivity index (χ1v) is 11.6. The summed E-state index contributed by atoms with van der Waals surface area (Å²) in [4.78, 5) is 19.9. The Labute approximate surface area is 187 Å². The summed E-state index contributed by atoms with van der Waals surface area (Å²) in [5.41, 5.74) is 0.995. The van der Waals surface area contributed by atoms with E-state index in [1.165, 1.54) is 0 Å². The van der Waals surface area contributed by atoms with Gasteiger partial charge in [-0.25, -0.2) is 0 Å². The van der Waals surface area contributed by atoms with Crippen LogP contribution in [0.3, 0.4) is 0 Å². The van der Waals surface area contributed by atoms with Gasteiger partial charge in [0.15, 0.2) is 5.96 Å². The lowest BCUT2D eigenvalue weighted by Gasteiger charge is -2.30. The van der Waals surface area contributed by atoms with Gasteiger partial charge in [-0.1, -0.05) is 44.2 Å². The van der Waals surface area contributed by atoms with E-state index in [0.29, 0.717) is 38.8 Å². The standard InChI is InChI=1S/C24H40N4O3/c1-5-25-24(26-13-12-22(19(3)4)31-6-2)27-18-21(20-10-8-7-9-11-20)23(29)28-14-16-30-17-15-28/h7-11,19,21-22H,5-6,12-18H2,1-4H3,(H2,25,26,27). The van der Waals surface area contributed by atoms with Crippen molar-refractivity contribution >= 4 is 11.9 Å². The fraction of sp³-hybridized carbons (Fsp3) is 0.667. The molecule has 0 bridgehead atoms. The predicted molar refractivity (Wildman–Crippen MR) is 125 cm³/mol. The van der Waals surface area contributed by atoms with E-state index in [9.17, 15) is 4.79 Å². The third-order valence-corrected chi connectivity index (χ3v) is 5.44. The van der Waals surface area contributed by atoms with E-state index >= 15 is 0 Å². The molecule has 0 spiro atoms. The van der Waals surface area contributed by atoms with E-state index in [1.54, 1.807) is 0 Å². The Morgan fingerprint density at radius 3 is 2.48 bits per heavy atom. The van der Waals surface area contributed by atoms with Crippen LogP contribution in [0.4, 0.5) is 0 Å². The fourth-order valence-corrected chi connectivity index (χ4v) is 3.70. The maximum atomic E-state index is 13.3. The van der Waals surface area contributed by atoms with Crippen molar-refractivity contribution in [3.8, 4) is 0 Å². The largest absolute Gasteiger partial charge is 0.378 e. The van der Waals surface area contributed by atoms with Gasteiger partial charge in [-0.3, -0.25) is 9.79 Å². The first kappa shape index (κ1) is 25.1. The summed E-state index contributed by atoms with van der Waals surface area (Å²) < 4.78 is 11.3. The molecule has 2 unspecified atom stereocenters. The highest BCUT2D eigenvalue weighted by atomic mass is 16.5. The summed E-state index contributed by atoms with van der Waals surface area (Å²) in [6.07, 6.45) is 1.13. The number of benzene rings is 1. The summed E-state index contributed by atoms with van der Waals surface area (Å²) in [5.74, 6) is 1.01. The van der Waals surface area contributed by atoms with E-state index in [2.05, 4.69) is 24.5 Å². The normalized spacial score (nSPS) is 16.8. The molecule has 0 radical (unpaired) electrons. The number of nitrogens with one attached hydrogen (secondary N) is 2. The van der Waals surface area contributed by atoms with Crippen LogP contribution in [0.1, 0.15) is 45.6 Å². The highest BCUT2D eigenvalue weighted by Gasteiger charge is 2.27. The number of morpholine rings is 1. The number of aliphatic imine (C=N–C) groups is 1. The third kappa shape index (κ3) is 8.50. The third-order valence-electron chi connectivity index (χ3n) is 5.44. The van der Waals surface area contributed by atoms with Crippen LogP contribution in [-0.2, 0) is 14.3 Å². The molecule has 1 heterocycles. The lowest BCUT2D eigenvalue weighted by atomic mass is 9.97. The number of rotatable bonds is 11. The van der Waals surface area contributed by atoms with Crippen LogP contribution in [0, 0.1) is 5.92 Å². The van der Waals surface area contributed by atoms with Gasteiger partial charge in [-0.15, -0.1) is 0 Å². The van der Waals surface area contributed by atoms with Crippen LogP contribution in [0.15, 0.2) is 35.3 Å². The first-order chi connectivity index (χ1) is 15.1. The lowest BCUT2D eigenvalue weighted by molar-refractivity contribution is -0.136. The minimum atomic E-state index is -0.304. The zero-order valence-corrected chi connectivity index (χ0v) is 19.6. The number of hydrogen-bond donors (Lipinski definition) is 2. The molecular formula is C24H40N4O3. The number of guanidine groups is 1. The highest BCUT2D eigenvalue weighted by Crippen LogP contribution is 2.20. The molecule has 1 aliphatic rings. The van der Waals surface area contributed by atoms with Crippen molar-refractivity contribution in [1.29, 1.82) is 0 Å². The predicted octanol–water partition coefficient (Wildman–Crippen LogP) is 2.64. The molecule has 1 aliphatic heterocycles. The molecule has 1 saturated heterocycles. The topological polar surface area (TPSA) is 75.2 Å². The number of carbonyl (C=O) groups excluding carboxylic acids is 1. The van der Waals surface area contributed by atoms with Gasteiger partial charge in [0.05, 0.1) is 31.8 Å². The molecule has 0 aliphatic carbocycles. The minimum Gasteiger partial charge on any atom is -0.378 e. The minimum absolute atomic E-state index is 0.116. The molecular weight excluding hydrogens is 392 g/mol. The number of hydrogen-bond acceptors (Lipinski definition) is 4.